The fourth-order valence-corrected chi connectivity index (χ4v) is 3.98. The Kier molecular flexibility index (Phi) is 4.15. The van der Waals surface area contributed by atoms with E-state index in [9.17, 15) is 12.8 Å². The van der Waals surface area contributed by atoms with Gasteiger partial charge < -0.3 is 4.40 Å². The molecule has 134 valence electrons. The van der Waals surface area contributed by atoms with Crippen LogP contribution in [-0.2, 0) is 9.84 Å². The van der Waals surface area contributed by atoms with Crippen molar-refractivity contribution in [2.24, 2.45) is 0 Å². The molecule has 3 aromatic rings. The van der Waals surface area contributed by atoms with Crippen LogP contribution in [0.5, 0.6) is 0 Å². The monoisotopic (exact) mass is 370 g/mol. The van der Waals surface area contributed by atoms with Crippen LogP contribution in [0, 0.1) is 5.82 Å². The summed E-state index contributed by atoms with van der Waals surface area (Å²) in [4.78, 5) is 4.63. The van der Waals surface area contributed by atoms with Gasteiger partial charge in [-0.2, -0.15) is 0 Å². The van der Waals surface area contributed by atoms with E-state index < -0.39 is 9.84 Å². The molecular formula is C20H19FN2O2S. The largest absolute Gasteiger partial charge is 0.303 e. The minimum Gasteiger partial charge on any atom is -0.303 e. The molecule has 4 nitrogen and oxygen atoms in total. The Morgan fingerprint density at radius 2 is 1.85 bits per heavy atom. The molecule has 0 N–H and O–H groups in total. The first kappa shape index (κ1) is 17.0. The highest BCUT2D eigenvalue weighted by Crippen LogP contribution is 2.29. The fraction of sp³-hybridized carbons (Fsp3) is 0.250. The lowest BCUT2D eigenvalue weighted by atomic mass is 9.95. The number of allylic oxidation sites excluding steroid dienone is 2. The number of benzene rings is 1. The first-order valence-corrected chi connectivity index (χ1v) is 10.5. The predicted molar refractivity (Wildman–Crippen MR) is 100 cm³/mol. The zero-order valence-electron chi connectivity index (χ0n) is 14.4. The van der Waals surface area contributed by atoms with Crippen molar-refractivity contribution in [3.63, 3.8) is 0 Å². The van der Waals surface area contributed by atoms with Gasteiger partial charge in [0.15, 0.2) is 21.3 Å². The summed E-state index contributed by atoms with van der Waals surface area (Å²) < 4.78 is 39.4. The van der Waals surface area contributed by atoms with Crippen LogP contribution in [0.1, 0.15) is 31.2 Å². The average Bonchev–Trinajstić information content (AvgIpc) is 3.07. The van der Waals surface area contributed by atoms with E-state index in [-0.39, 0.29) is 16.4 Å². The maximum Gasteiger partial charge on any atom is 0.175 e. The summed E-state index contributed by atoms with van der Waals surface area (Å²) in [6.45, 7) is 0. The molecule has 6 heteroatoms. The van der Waals surface area contributed by atoms with E-state index in [0.29, 0.717) is 5.69 Å². The summed E-state index contributed by atoms with van der Waals surface area (Å²) in [6, 6.07) is 8.03. The number of fused-ring (bicyclic) bond motifs is 1. The number of aromatic nitrogens is 2. The van der Waals surface area contributed by atoms with Crippen molar-refractivity contribution in [1.82, 2.24) is 9.38 Å². The number of hydrogen-bond acceptors (Lipinski definition) is 3. The molecule has 0 atom stereocenters. The number of nitrogens with zero attached hydrogens (tertiary/aromatic N) is 2. The third-order valence-corrected chi connectivity index (χ3v) is 5.87. The van der Waals surface area contributed by atoms with Crippen molar-refractivity contribution < 1.29 is 12.8 Å². The first-order chi connectivity index (χ1) is 12.4. The molecule has 0 radical (unpaired) electrons. The fourth-order valence-electron chi connectivity index (χ4n) is 3.34. The van der Waals surface area contributed by atoms with E-state index in [2.05, 4.69) is 11.1 Å². The van der Waals surface area contributed by atoms with Crippen molar-refractivity contribution >= 4 is 21.1 Å². The van der Waals surface area contributed by atoms with E-state index in [4.69, 9.17) is 0 Å². The molecule has 0 saturated carbocycles. The van der Waals surface area contributed by atoms with Crippen molar-refractivity contribution in [2.45, 2.75) is 30.6 Å². The van der Waals surface area contributed by atoms with Gasteiger partial charge in [-0.25, -0.2) is 17.8 Å². The van der Waals surface area contributed by atoms with Crippen LogP contribution in [0.2, 0.25) is 0 Å². The van der Waals surface area contributed by atoms with Crippen LogP contribution < -0.4 is 0 Å². The summed E-state index contributed by atoms with van der Waals surface area (Å²) in [6.07, 6.45) is 11.4. The predicted octanol–water partition coefficient (Wildman–Crippen LogP) is 4.50. The maximum atomic E-state index is 14.6. The molecule has 0 amide bonds. The molecule has 0 unspecified atom stereocenters. The molecule has 2 aromatic heterocycles. The van der Waals surface area contributed by atoms with Gasteiger partial charge in [-0.05, 0) is 55.0 Å². The second-order valence-corrected chi connectivity index (χ2v) is 8.72. The molecule has 0 fully saturated rings. The van der Waals surface area contributed by atoms with E-state index in [1.165, 1.54) is 18.2 Å². The lowest BCUT2D eigenvalue weighted by molar-refractivity contribution is 0.602. The summed E-state index contributed by atoms with van der Waals surface area (Å²) >= 11 is 0. The standard InChI is InChI=1S/C20H19FN2O2S/c1-26(24,25)17-9-7-15(8-10-17)19-13-23-12-16(11-18(21)20(23)22-19)14-5-3-2-4-6-14/h5,7-13H,2-4,6H2,1H3. The lowest BCUT2D eigenvalue weighted by Crippen LogP contribution is -1.96. The van der Waals surface area contributed by atoms with E-state index in [1.807, 2.05) is 6.20 Å². The number of pyridine rings is 1. The number of hydrogen-bond donors (Lipinski definition) is 0. The highest BCUT2D eigenvalue weighted by molar-refractivity contribution is 7.90. The van der Waals surface area contributed by atoms with Crippen LogP contribution in [0.15, 0.2) is 53.7 Å². The molecule has 0 saturated heterocycles. The summed E-state index contributed by atoms with van der Waals surface area (Å²) in [7, 11) is -3.24. The normalized spacial score (nSPS) is 15.2. The Morgan fingerprint density at radius 3 is 2.50 bits per heavy atom. The number of rotatable bonds is 3. The SMILES string of the molecule is CS(=O)(=O)c1ccc(-c2cn3cc(C4=CCCCC4)cc(F)c3n2)cc1. The van der Waals surface area contributed by atoms with Crippen molar-refractivity contribution in [2.75, 3.05) is 6.26 Å². The molecule has 2 heterocycles. The Balaban J connectivity index is 1.75. The van der Waals surface area contributed by atoms with Gasteiger partial charge in [-0.15, -0.1) is 0 Å². The molecule has 0 spiro atoms. The molecule has 1 aliphatic rings. The molecule has 26 heavy (non-hydrogen) atoms. The minimum atomic E-state index is -3.24. The zero-order valence-corrected chi connectivity index (χ0v) is 15.3. The Morgan fingerprint density at radius 1 is 1.08 bits per heavy atom. The summed E-state index contributed by atoms with van der Waals surface area (Å²) in [5, 5.41) is 0. The van der Waals surface area contributed by atoms with Crippen LogP contribution >= 0.6 is 0 Å². The average molecular weight is 370 g/mol. The lowest BCUT2D eigenvalue weighted by Gasteiger charge is -2.13. The second kappa shape index (κ2) is 6.36. The second-order valence-electron chi connectivity index (χ2n) is 6.71. The van der Waals surface area contributed by atoms with Gasteiger partial charge in [-0.3, -0.25) is 0 Å². The van der Waals surface area contributed by atoms with E-state index in [0.717, 1.165) is 30.4 Å². The van der Waals surface area contributed by atoms with Gasteiger partial charge in [0.05, 0.1) is 10.6 Å². The number of halogens is 1. The quantitative estimate of drug-likeness (QED) is 0.682. The molecule has 0 aliphatic heterocycles. The van der Waals surface area contributed by atoms with Crippen molar-refractivity contribution in [3.8, 4) is 11.3 Å². The Bertz CT molecular complexity index is 1110. The Hall–Kier alpha value is -2.47. The van der Waals surface area contributed by atoms with Crippen LogP contribution in [0.4, 0.5) is 4.39 Å². The first-order valence-electron chi connectivity index (χ1n) is 8.60. The number of imidazole rings is 1. The van der Waals surface area contributed by atoms with Gasteiger partial charge in [0, 0.05) is 24.2 Å². The highest BCUT2D eigenvalue weighted by atomic mass is 32.2. The molecule has 1 aliphatic carbocycles. The highest BCUT2D eigenvalue weighted by Gasteiger charge is 2.14. The molecule has 4 rings (SSSR count). The molecular weight excluding hydrogens is 351 g/mol. The van der Waals surface area contributed by atoms with Gasteiger partial charge in [-0.1, -0.05) is 18.2 Å². The third-order valence-electron chi connectivity index (χ3n) is 4.75. The minimum absolute atomic E-state index is 0.253. The van der Waals surface area contributed by atoms with Crippen molar-refractivity contribution in [1.29, 1.82) is 0 Å². The number of sulfone groups is 1. The van der Waals surface area contributed by atoms with Crippen LogP contribution in [0.25, 0.3) is 22.5 Å². The van der Waals surface area contributed by atoms with Gasteiger partial charge in [0.2, 0.25) is 0 Å². The van der Waals surface area contributed by atoms with E-state index in [1.54, 1.807) is 40.9 Å². The van der Waals surface area contributed by atoms with Crippen molar-refractivity contribution in [3.05, 3.63) is 60.2 Å². The van der Waals surface area contributed by atoms with Gasteiger partial charge in [0.1, 0.15) is 0 Å². The zero-order chi connectivity index (χ0) is 18.3. The van der Waals surface area contributed by atoms with Gasteiger partial charge in [0.25, 0.3) is 0 Å². The smallest absolute Gasteiger partial charge is 0.175 e. The topological polar surface area (TPSA) is 51.4 Å². The van der Waals surface area contributed by atoms with Crippen LogP contribution in [-0.4, -0.2) is 24.1 Å². The Labute approximate surface area is 151 Å². The van der Waals surface area contributed by atoms with Gasteiger partial charge >= 0.3 is 0 Å². The molecule has 0 bridgehead atoms. The summed E-state index contributed by atoms with van der Waals surface area (Å²) in [5.74, 6) is -0.354. The van der Waals surface area contributed by atoms with E-state index >= 15 is 0 Å². The third kappa shape index (κ3) is 3.17. The molecule has 1 aromatic carbocycles. The summed E-state index contributed by atoms with van der Waals surface area (Å²) in [5.41, 5.74) is 3.71. The maximum absolute atomic E-state index is 14.6. The van der Waals surface area contributed by atoms with Crippen LogP contribution in [0.3, 0.4) is 0 Å².